The van der Waals surface area contributed by atoms with E-state index < -0.39 is 5.25 Å². The Morgan fingerprint density at radius 1 is 1.10 bits per heavy atom. The number of carbonyl (C=O) groups excluding carboxylic acids is 3. The highest BCUT2D eigenvalue weighted by Gasteiger charge is 2.40. The molecular weight excluding hydrogens is 412 g/mol. The van der Waals surface area contributed by atoms with E-state index in [-0.39, 0.29) is 23.0 Å². The van der Waals surface area contributed by atoms with Crippen molar-refractivity contribution in [2.24, 2.45) is 0 Å². The lowest BCUT2D eigenvalue weighted by Crippen LogP contribution is -2.31. The molecule has 2 aliphatic heterocycles. The second-order valence-corrected chi connectivity index (χ2v) is 8.56. The fourth-order valence-electron chi connectivity index (χ4n) is 3.90. The van der Waals surface area contributed by atoms with Crippen LogP contribution in [0.25, 0.3) is 0 Å². The van der Waals surface area contributed by atoms with Crippen molar-refractivity contribution in [2.45, 2.75) is 30.4 Å². The van der Waals surface area contributed by atoms with Crippen molar-refractivity contribution in [3.63, 3.8) is 0 Å². The molecule has 0 bridgehead atoms. The summed E-state index contributed by atoms with van der Waals surface area (Å²) >= 11 is 7.03. The quantitative estimate of drug-likeness (QED) is 0.751. The molecule has 2 aliphatic rings. The van der Waals surface area contributed by atoms with Gasteiger partial charge in [0.1, 0.15) is 11.0 Å². The van der Waals surface area contributed by atoms with E-state index in [0.717, 1.165) is 28.5 Å². The molecule has 0 saturated carbocycles. The zero-order valence-electron chi connectivity index (χ0n) is 15.7. The number of thioether (sulfide) groups is 1. The van der Waals surface area contributed by atoms with Crippen LogP contribution in [-0.4, -0.2) is 29.4 Å². The molecule has 0 radical (unpaired) electrons. The molecule has 2 heterocycles. The van der Waals surface area contributed by atoms with Gasteiger partial charge in [0.05, 0.1) is 12.8 Å². The van der Waals surface area contributed by atoms with Gasteiger partial charge in [-0.25, -0.2) is 0 Å². The SMILES string of the molecule is COc1ccc(C(Cc2ccc(Cl)cc2)C2SC(=O)NC2=O)c2c1NC(=O)CC2. The van der Waals surface area contributed by atoms with Crippen LogP contribution in [0.5, 0.6) is 5.75 Å². The first-order valence-electron chi connectivity index (χ1n) is 9.22. The molecule has 150 valence electrons. The van der Waals surface area contributed by atoms with Crippen LogP contribution in [0.2, 0.25) is 5.02 Å². The lowest BCUT2D eigenvalue weighted by Gasteiger charge is -2.28. The molecule has 6 nitrogen and oxygen atoms in total. The maximum atomic E-state index is 12.5. The first kappa shape index (κ1) is 19.8. The molecule has 1 saturated heterocycles. The zero-order valence-corrected chi connectivity index (χ0v) is 17.2. The number of hydrogen-bond acceptors (Lipinski definition) is 5. The highest BCUT2D eigenvalue weighted by molar-refractivity contribution is 8.15. The Bertz CT molecular complexity index is 993. The van der Waals surface area contributed by atoms with Gasteiger partial charge in [0.15, 0.2) is 0 Å². The summed E-state index contributed by atoms with van der Waals surface area (Å²) in [5.74, 6) is -0.0160. The first-order chi connectivity index (χ1) is 14.0. The molecular formula is C21H19ClN2O4S. The molecule has 2 unspecified atom stereocenters. The summed E-state index contributed by atoms with van der Waals surface area (Å²) in [6, 6.07) is 11.2. The van der Waals surface area contributed by atoms with E-state index in [4.69, 9.17) is 16.3 Å². The Kier molecular flexibility index (Phi) is 5.52. The number of rotatable bonds is 5. The molecule has 29 heavy (non-hydrogen) atoms. The molecule has 8 heteroatoms. The van der Waals surface area contributed by atoms with Gasteiger partial charge < -0.3 is 10.1 Å². The van der Waals surface area contributed by atoms with Crippen LogP contribution >= 0.6 is 23.4 Å². The average molecular weight is 431 g/mol. The monoisotopic (exact) mass is 430 g/mol. The number of hydrogen-bond donors (Lipinski definition) is 2. The Balaban J connectivity index is 1.79. The van der Waals surface area contributed by atoms with Crippen molar-refractivity contribution in [2.75, 3.05) is 12.4 Å². The topological polar surface area (TPSA) is 84.5 Å². The predicted octanol–water partition coefficient (Wildman–Crippen LogP) is 3.91. The van der Waals surface area contributed by atoms with E-state index in [1.807, 2.05) is 30.3 Å². The maximum absolute atomic E-state index is 12.5. The molecule has 1 fully saturated rings. The number of fused-ring (bicyclic) bond motifs is 1. The molecule has 2 atom stereocenters. The number of anilines is 1. The summed E-state index contributed by atoms with van der Waals surface area (Å²) in [6.07, 6.45) is 1.48. The van der Waals surface area contributed by atoms with Gasteiger partial charge >= 0.3 is 0 Å². The van der Waals surface area contributed by atoms with Crippen LogP contribution < -0.4 is 15.4 Å². The largest absolute Gasteiger partial charge is 0.495 e. The fourth-order valence-corrected chi connectivity index (χ4v) is 4.99. The number of amides is 3. The second kappa shape index (κ2) is 8.08. The smallest absolute Gasteiger partial charge is 0.286 e. The van der Waals surface area contributed by atoms with Gasteiger partial charge in [0.2, 0.25) is 11.8 Å². The molecule has 3 amide bonds. The molecule has 0 aromatic heterocycles. The maximum Gasteiger partial charge on any atom is 0.286 e. The van der Waals surface area contributed by atoms with Gasteiger partial charge in [0.25, 0.3) is 5.24 Å². The van der Waals surface area contributed by atoms with Crippen LogP contribution in [-0.2, 0) is 22.4 Å². The standard InChI is InChI=1S/C21H19ClN2O4S/c1-28-16-8-6-13(14-7-9-17(25)23-18(14)16)15(19-20(26)24-21(27)29-19)10-11-2-4-12(22)5-3-11/h2-6,8,15,19H,7,9-10H2,1H3,(H,23,25)(H,24,26,27). The summed E-state index contributed by atoms with van der Waals surface area (Å²) in [5, 5.41) is 5.04. The Labute approximate surface area is 177 Å². The van der Waals surface area contributed by atoms with Crippen molar-refractivity contribution in [3.8, 4) is 5.75 Å². The number of methoxy groups -OCH3 is 1. The van der Waals surface area contributed by atoms with Gasteiger partial charge in [-0.1, -0.05) is 41.6 Å². The molecule has 2 N–H and O–H groups in total. The predicted molar refractivity (Wildman–Crippen MR) is 113 cm³/mol. The van der Waals surface area contributed by atoms with Crippen molar-refractivity contribution < 1.29 is 19.1 Å². The van der Waals surface area contributed by atoms with Gasteiger partial charge in [-0.15, -0.1) is 0 Å². The van der Waals surface area contributed by atoms with Crippen LogP contribution in [0.3, 0.4) is 0 Å². The third-order valence-corrected chi connectivity index (χ3v) is 6.61. The normalized spacial score (nSPS) is 19.4. The lowest BCUT2D eigenvalue weighted by molar-refractivity contribution is -0.119. The Morgan fingerprint density at radius 3 is 2.52 bits per heavy atom. The van der Waals surface area contributed by atoms with E-state index in [9.17, 15) is 14.4 Å². The van der Waals surface area contributed by atoms with Gasteiger partial charge in [-0.3, -0.25) is 19.7 Å². The molecule has 0 aliphatic carbocycles. The van der Waals surface area contributed by atoms with E-state index in [1.54, 1.807) is 13.2 Å². The number of halogens is 1. The third-order valence-electron chi connectivity index (χ3n) is 5.25. The fraction of sp³-hybridized carbons (Fsp3) is 0.286. The van der Waals surface area contributed by atoms with Crippen molar-refractivity contribution in [3.05, 3.63) is 58.1 Å². The minimum absolute atomic E-state index is 0.0645. The Morgan fingerprint density at radius 2 is 1.86 bits per heavy atom. The number of ether oxygens (including phenoxy) is 1. The van der Waals surface area contributed by atoms with Gasteiger partial charge in [0, 0.05) is 17.4 Å². The van der Waals surface area contributed by atoms with Crippen LogP contribution in [0.1, 0.15) is 29.0 Å². The van der Waals surface area contributed by atoms with E-state index in [0.29, 0.717) is 35.7 Å². The average Bonchev–Trinajstić information content (AvgIpc) is 3.04. The lowest BCUT2D eigenvalue weighted by atomic mass is 9.83. The summed E-state index contributed by atoms with van der Waals surface area (Å²) in [5.41, 5.74) is 3.56. The van der Waals surface area contributed by atoms with E-state index in [1.165, 1.54) is 0 Å². The summed E-state index contributed by atoms with van der Waals surface area (Å²) in [6.45, 7) is 0. The molecule has 4 rings (SSSR count). The summed E-state index contributed by atoms with van der Waals surface area (Å²) in [7, 11) is 1.56. The molecule has 2 aromatic carbocycles. The van der Waals surface area contributed by atoms with Crippen LogP contribution in [0.15, 0.2) is 36.4 Å². The number of imide groups is 1. The third kappa shape index (κ3) is 3.97. The first-order valence-corrected chi connectivity index (χ1v) is 10.5. The van der Waals surface area contributed by atoms with Gasteiger partial charge in [-0.2, -0.15) is 0 Å². The van der Waals surface area contributed by atoms with Crippen LogP contribution in [0.4, 0.5) is 10.5 Å². The molecule has 2 aromatic rings. The Hall–Kier alpha value is -2.51. The van der Waals surface area contributed by atoms with Crippen molar-refractivity contribution >= 4 is 46.1 Å². The van der Waals surface area contributed by atoms with Crippen LogP contribution in [0, 0.1) is 0 Å². The van der Waals surface area contributed by atoms with E-state index >= 15 is 0 Å². The summed E-state index contributed by atoms with van der Waals surface area (Å²) < 4.78 is 5.42. The van der Waals surface area contributed by atoms with Gasteiger partial charge in [-0.05, 0) is 47.7 Å². The van der Waals surface area contributed by atoms with E-state index in [2.05, 4.69) is 10.6 Å². The highest BCUT2D eigenvalue weighted by atomic mass is 35.5. The molecule has 0 spiro atoms. The minimum atomic E-state index is -0.548. The summed E-state index contributed by atoms with van der Waals surface area (Å²) in [4.78, 5) is 36.3. The number of carbonyl (C=O) groups is 3. The highest BCUT2D eigenvalue weighted by Crippen LogP contribution is 2.43. The second-order valence-electron chi connectivity index (χ2n) is 7.01. The number of benzene rings is 2. The van der Waals surface area contributed by atoms with Crippen molar-refractivity contribution in [1.29, 1.82) is 0 Å². The number of nitrogens with one attached hydrogen (secondary N) is 2. The minimum Gasteiger partial charge on any atom is -0.495 e. The zero-order chi connectivity index (χ0) is 20.5. The van der Waals surface area contributed by atoms with Crippen molar-refractivity contribution in [1.82, 2.24) is 5.32 Å².